The minimum absolute atomic E-state index is 0.118. The van der Waals surface area contributed by atoms with E-state index in [0.717, 1.165) is 35.0 Å². The summed E-state index contributed by atoms with van der Waals surface area (Å²) >= 11 is 5.81. The summed E-state index contributed by atoms with van der Waals surface area (Å²) in [4.78, 5) is 12.9. The number of carbonyl (C=O) groups excluding carboxylic acids is 1. The Balaban J connectivity index is 1.86. The Labute approximate surface area is 187 Å². The first-order chi connectivity index (χ1) is 14.6. The van der Waals surface area contributed by atoms with Gasteiger partial charge in [0.2, 0.25) is 15.9 Å². The molecule has 1 aliphatic rings. The maximum atomic E-state index is 13.5. The van der Waals surface area contributed by atoms with Gasteiger partial charge in [0.25, 0.3) is 0 Å². The summed E-state index contributed by atoms with van der Waals surface area (Å²) in [6.07, 6.45) is 3.10. The largest absolute Gasteiger partial charge is 0.487 e. The van der Waals surface area contributed by atoms with Crippen molar-refractivity contribution in [2.45, 2.75) is 44.8 Å². The van der Waals surface area contributed by atoms with E-state index in [1.807, 2.05) is 38.1 Å². The number of hydrogen-bond acceptors (Lipinski definition) is 4. The molecule has 0 radical (unpaired) electrons. The SMILES string of the molecule is CCC1(CC)C[C@H](NC(=O)CN(c2ccc(F)c(Cl)c2)S(C)(=O)=O)c2ccccc2O1. The van der Waals surface area contributed by atoms with E-state index in [4.69, 9.17) is 16.3 Å². The van der Waals surface area contributed by atoms with E-state index < -0.39 is 33.9 Å². The lowest BCUT2D eigenvalue weighted by Gasteiger charge is -2.41. The lowest BCUT2D eigenvalue weighted by atomic mass is 9.83. The Morgan fingerprint density at radius 3 is 2.55 bits per heavy atom. The number of para-hydroxylation sites is 1. The van der Waals surface area contributed by atoms with Gasteiger partial charge in [0.1, 0.15) is 23.7 Å². The van der Waals surface area contributed by atoms with Crippen molar-refractivity contribution < 1.29 is 22.3 Å². The molecule has 0 unspecified atom stereocenters. The van der Waals surface area contributed by atoms with Crippen molar-refractivity contribution in [2.75, 3.05) is 17.1 Å². The van der Waals surface area contributed by atoms with Crippen LogP contribution in [0.3, 0.4) is 0 Å². The molecular formula is C22H26ClFN2O4S. The van der Waals surface area contributed by atoms with Crippen molar-refractivity contribution in [3.8, 4) is 5.75 Å². The van der Waals surface area contributed by atoms with E-state index in [1.165, 1.54) is 12.1 Å². The van der Waals surface area contributed by atoms with Gasteiger partial charge in [-0.05, 0) is 37.1 Å². The molecule has 0 fully saturated rings. The third kappa shape index (κ3) is 5.13. The molecule has 0 spiro atoms. The fourth-order valence-corrected chi connectivity index (χ4v) is 4.86. The van der Waals surface area contributed by atoms with Crippen molar-refractivity contribution in [1.29, 1.82) is 0 Å². The average Bonchev–Trinajstić information content (AvgIpc) is 2.73. The highest BCUT2D eigenvalue weighted by Gasteiger charge is 2.39. The predicted molar refractivity (Wildman–Crippen MR) is 119 cm³/mol. The van der Waals surface area contributed by atoms with Crippen LogP contribution in [-0.2, 0) is 14.8 Å². The first kappa shape index (κ1) is 23.3. The fourth-order valence-electron chi connectivity index (χ4n) is 3.84. The van der Waals surface area contributed by atoms with Crippen molar-refractivity contribution >= 4 is 33.2 Å². The molecule has 3 rings (SSSR count). The van der Waals surface area contributed by atoms with E-state index in [-0.39, 0.29) is 16.8 Å². The summed E-state index contributed by atoms with van der Waals surface area (Å²) < 4.78 is 45.4. The molecule has 1 amide bonds. The number of nitrogens with one attached hydrogen (secondary N) is 1. The van der Waals surface area contributed by atoms with Crippen LogP contribution in [0.1, 0.15) is 44.7 Å². The summed E-state index contributed by atoms with van der Waals surface area (Å²) in [7, 11) is -3.81. The van der Waals surface area contributed by atoms with Gasteiger partial charge in [-0.15, -0.1) is 0 Å². The van der Waals surface area contributed by atoms with Crippen molar-refractivity contribution in [1.82, 2.24) is 5.32 Å². The van der Waals surface area contributed by atoms with Crippen LogP contribution in [0.25, 0.3) is 0 Å². The first-order valence-corrected chi connectivity index (χ1v) is 12.3. The molecule has 31 heavy (non-hydrogen) atoms. The molecular weight excluding hydrogens is 443 g/mol. The number of sulfonamides is 1. The van der Waals surface area contributed by atoms with Gasteiger partial charge in [-0.3, -0.25) is 9.10 Å². The van der Waals surface area contributed by atoms with E-state index in [9.17, 15) is 17.6 Å². The second kappa shape index (κ2) is 9.04. The molecule has 0 saturated heterocycles. The highest BCUT2D eigenvalue weighted by molar-refractivity contribution is 7.92. The normalized spacial score (nSPS) is 17.4. The topological polar surface area (TPSA) is 75.7 Å². The summed E-state index contributed by atoms with van der Waals surface area (Å²) in [5.74, 6) is -0.431. The smallest absolute Gasteiger partial charge is 0.241 e. The first-order valence-electron chi connectivity index (χ1n) is 10.1. The summed E-state index contributed by atoms with van der Waals surface area (Å²) in [5.41, 5.74) is 0.560. The zero-order chi connectivity index (χ0) is 22.8. The molecule has 0 aromatic heterocycles. The number of ether oxygens (including phenoxy) is 1. The summed E-state index contributed by atoms with van der Waals surface area (Å²) in [5, 5.41) is 2.74. The van der Waals surface area contributed by atoms with Crippen LogP contribution in [0.15, 0.2) is 42.5 Å². The second-order valence-electron chi connectivity index (χ2n) is 7.72. The molecule has 1 atom stereocenters. The van der Waals surface area contributed by atoms with Crippen LogP contribution in [0.2, 0.25) is 5.02 Å². The molecule has 2 aromatic rings. The molecule has 2 aromatic carbocycles. The van der Waals surface area contributed by atoms with Crippen LogP contribution < -0.4 is 14.4 Å². The van der Waals surface area contributed by atoms with Crippen molar-refractivity contribution in [3.63, 3.8) is 0 Å². The van der Waals surface area contributed by atoms with Gasteiger partial charge in [0.05, 0.1) is 23.0 Å². The summed E-state index contributed by atoms with van der Waals surface area (Å²) in [6, 6.07) is 10.7. The predicted octanol–water partition coefficient (Wildman–Crippen LogP) is 4.44. The quantitative estimate of drug-likeness (QED) is 0.651. The monoisotopic (exact) mass is 468 g/mol. The number of carbonyl (C=O) groups is 1. The average molecular weight is 469 g/mol. The third-order valence-electron chi connectivity index (χ3n) is 5.70. The zero-order valence-corrected chi connectivity index (χ0v) is 19.3. The van der Waals surface area contributed by atoms with Gasteiger partial charge in [0.15, 0.2) is 0 Å². The lowest BCUT2D eigenvalue weighted by molar-refractivity contribution is -0.121. The van der Waals surface area contributed by atoms with Gasteiger partial charge in [0, 0.05) is 12.0 Å². The van der Waals surface area contributed by atoms with E-state index >= 15 is 0 Å². The Bertz CT molecular complexity index is 1070. The molecule has 1 aliphatic heterocycles. The van der Waals surface area contributed by atoms with Crippen LogP contribution in [-0.4, -0.2) is 32.7 Å². The maximum Gasteiger partial charge on any atom is 0.241 e. The Morgan fingerprint density at radius 1 is 1.26 bits per heavy atom. The number of halogens is 2. The maximum absolute atomic E-state index is 13.5. The standard InChI is InChI=1S/C22H26ClFN2O4S/c1-4-22(5-2)13-19(16-8-6-7-9-20(16)30-22)25-21(27)14-26(31(3,28)29)15-10-11-18(24)17(23)12-15/h6-12,19H,4-5,13-14H2,1-3H3,(H,25,27)/t19-/m0/s1. The van der Waals surface area contributed by atoms with Crippen LogP contribution >= 0.6 is 11.6 Å². The number of rotatable bonds is 7. The van der Waals surface area contributed by atoms with Gasteiger partial charge in [-0.1, -0.05) is 43.6 Å². The Kier molecular flexibility index (Phi) is 6.81. The van der Waals surface area contributed by atoms with E-state index in [1.54, 1.807) is 0 Å². The van der Waals surface area contributed by atoms with Crippen LogP contribution in [0.4, 0.5) is 10.1 Å². The van der Waals surface area contributed by atoms with Gasteiger partial charge >= 0.3 is 0 Å². The molecule has 1 heterocycles. The van der Waals surface area contributed by atoms with Gasteiger partial charge < -0.3 is 10.1 Å². The number of nitrogens with zero attached hydrogens (tertiary/aromatic N) is 1. The number of benzene rings is 2. The zero-order valence-electron chi connectivity index (χ0n) is 17.7. The number of fused-ring (bicyclic) bond motifs is 1. The number of hydrogen-bond donors (Lipinski definition) is 1. The van der Waals surface area contributed by atoms with Crippen LogP contribution in [0.5, 0.6) is 5.75 Å². The van der Waals surface area contributed by atoms with E-state index in [0.29, 0.717) is 12.2 Å². The van der Waals surface area contributed by atoms with Gasteiger partial charge in [-0.25, -0.2) is 12.8 Å². The third-order valence-corrected chi connectivity index (χ3v) is 7.13. The van der Waals surface area contributed by atoms with Crippen molar-refractivity contribution in [2.24, 2.45) is 0 Å². The highest BCUT2D eigenvalue weighted by atomic mass is 35.5. The van der Waals surface area contributed by atoms with Crippen LogP contribution in [0, 0.1) is 5.82 Å². The molecule has 1 N–H and O–H groups in total. The molecule has 0 saturated carbocycles. The number of anilines is 1. The fraction of sp³-hybridized carbons (Fsp3) is 0.409. The summed E-state index contributed by atoms with van der Waals surface area (Å²) in [6.45, 7) is 3.63. The minimum atomic E-state index is -3.81. The van der Waals surface area contributed by atoms with Crippen molar-refractivity contribution in [3.05, 3.63) is 58.9 Å². The number of amides is 1. The Morgan fingerprint density at radius 2 is 1.94 bits per heavy atom. The molecule has 6 nitrogen and oxygen atoms in total. The van der Waals surface area contributed by atoms with E-state index in [2.05, 4.69) is 5.32 Å². The second-order valence-corrected chi connectivity index (χ2v) is 10.0. The van der Waals surface area contributed by atoms with Gasteiger partial charge in [-0.2, -0.15) is 0 Å². The lowest BCUT2D eigenvalue weighted by Crippen LogP contribution is -2.47. The Hall–Kier alpha value is -2.32. The molecule has 9 heteroatoms. The molecule has 0 aliphatic carbocycles. The highest BCUT2D eigenvalue weighted by Crippen LogP contribution is 2.42. The molecule has 168 valence electrons. The molecule has 0 bridgehead atoms. The minimum Gasteiger partial charge on any atom is -0.487 e.